The van der Waals surface area contributed by atoms with Crippen LogP contribution in [0.1, 0.15) is 17.2 Å². The van der Waals surface area contributed by atoms with E-state index in [1.165, 1.54) is 4.90 Å². The van der Waals surface area contributed by atoms with Crippen molar-refractivity contribution in [1.82, 2.24) is 0 Å². The molecule has 4 nitrogen and oxygen atoms in total. The zero-order chi connectivity index (χ0) is 19.7. The van der Waals surface area contributed by atoms with Gasteiger partial charge in [0.25, 0.3) is 11.7 Å². The second kappa shape index (κ2) is 7.59. The zero-order valence-corrected chi connectivity index (χ0v) is 16.9. The molecule has 1 N–H and O–H groups in total. The Hall–Kier alpha value is -2.93. The van der Waals surface area contributed by atoms with E-state index in [1.54, 1.807) is 24.3 Å². The number of anilines is 1. The molecule has 0 aliphatic carbocycles. The molecule has 4 rings (SSSR count). The number of aliphatic hydroxyl groups excluding tert-OH is 1. The number of carbonyl (C=O) groups excluding carboxylic acids is 2. The summed E-state index contributed by atoms with van der Waals surface area (Å²) >= 11 is 2.19. The van der Waals surface area contributed by atoms with Gasteiger partial charge in [0.05, 0.1) is 11.6 Å². The van der Waals surface area contributed by atoms with Gasteiger partial charge in [-0.1, -0.05) is 60.7 Å². The number of Topliss-reactive ketones (excluding diaryl/α,β-unsaturated/α-hetero) is 1. The highest BCUT2D eigenvalue weighted by Gasteiger charge is 2.46. The lowest BCUT2D eigenvalue weighted by Gasteiger charge is -2.25. The number of hydrogen-bond donors (Lipinski definition) is 1. The van der Waals surface area contributed by atoms with Crippen LogP contribution >= 0.6 is 22.6 Å². The molecule has 0 bridgehead atoms. The number of carbonyl (C=O) groups is 2. The SMILES string of the molecule is O=C1C(=O)N(c2ccc(I)cc2)[C@@H](c2ccccc2)C1=C(O)c1ccccc1. The molecule has 1 amide bonds. The molecule has 0 spiro atoms. The van der Waals surface area contributed by atoms with Crippen LogP contribution in [0.3, 0.4) is 0 Å². The summed E-state index contributed by atoms with van der Waals surface area (Å²) in [6, 6.07) is 24.8. The van der Waals surface area contributed by atoms with Gasteiger partial charge < -0.3 is 5.11 Å². The predicted molar refractivity (Wildman–Crippen MR) is 117 cm³/mol. The minimum atomic E-state index is -0.693. The third-order valence-electron chi connectivity index (χ3n) is 4.71. The number of ketones is 1. The Morgan fingerprint density at radius 3 is 2.00 bits per heavy atom. The van der Waals surface area contributed by atoms with Gasteiger partial charge in [0, 0.05) is 14.8 Å². The smallest absolute Gasteiger partial charge is 0.300 e. The number of hydrogen-bond acceptors (Lipinski definition) is 3. The second-order valence-corrected chi connectivity index (χ2v) is 7.67. The van der Waals surface area contributed by atoms with Crippen molar-refractivity contribution in [3.8, 4) is 0 Å². The lowest BCUT2D eigenvalue weighted by atomic mass is 9.95. The van der Waals surface area contributed by atoms with Crippen molar-refractivity contribution >= 4 is 45.7 Å². The topological polar surface area (TPSA) is 57.6 Å². The highest BCUT2D eigenvalue weighted by molar-refractivity contribution is 14.1. The van der Waals surface area contributed by atoms with Gasteiger partial charge in [0.2, 0.25) is 0 Å². The standard InChI is InChI=1S/C23H16INO3/c24-17-11-13-18(14-12-17)25-20(15-7-3-1-4-8-15)19(22(27)23(25)28)21(26)16-9-5-2-6-10-16/h1-14,20,26H/t20-/m0/s1. The quantitative estimate of drug-likeness (QED) is 0.250. The van der Waals surface area contributed by atoms with Crippen LogP contribution < -0.4 is 4.90 Å². The van der Waals surface area contributed by atoms with Gasteiger partial charge in [-0.05, 0) is 52.4 Å². The molecular formula is C23H16INO3. The highest BCUT2D eigenvalue weighted by Crippen LogP contribution is 2.42. The number of rotatable bonds is 3. The minimum Gasteiger partial charge on any atom is -0.507 e. The summed E-state index contributed by atoms with van der Waals surface area (Å²) in [5, 5.41) is 10.9. The molecule has 28 heavy (non-hydrogen) atoms. The Bertz CT molecular complexity index is 1060. The molecule has 5 heteroatoms. The van der Waals surface area contributed by atoms with Crippen LogP contribution in [-0.4, -0.2) is 16.8 Å². The molecule has 1 saturated heterocycles. The van der Waals surface area contributed by atoms with E-state index in [4.69, 9.17) is 0 Å². The Balaban J connectivity index is 1.94. The van der Waals surface area contributed by atoms with Crippen LogP contribution in [0.25, 0.3) is 5.76 Å². The van der Waals surface area contributed by atoms with E-state index in [1.807, 2.05) is 60.7 Å². The van der Waals surface area contributed by atoms with Crippen molar-refractivity contribution in [2.75, 3.05) is 4.90 Å². The fraction of sp³-hybridized carbons (Fsp3) is 0.0435. The maximum absolute atomic E-state index is 12.9. The van der Waals surface area contributed by atoms with Crippen molar-refractivity contribution in [2.24, 2.45) is 0 Å². The average Bonchev–Trinajstić information content (AvgIpc) is 3.00. The van der Waals surface area contributed by atoms with Crippen LogP contribution in [-0.2, 0) is 9.59 Å². The molecule has 0 saturated carbocycles. The Labute approximate surface area is 176 Å². The molecule has 1 heterocycles. The molecule has 1 aliphatic rings. The number of amides is 1. The minimum absolute atomic E-state index is 0.0981. The number of halogens is 1. The van der Waals surface area contributed by atoms with E-state index in [0.717, 1.165) is 9.13 Å². The molecule has 3 aromatic carbocycles. The van der Waals surface area contributed by atoms with E-state index in [2.05, 4.69) is 22.6 Å². The van der Waals surface area contributed by atoms with E-state index in [9.17, 15) is 14.7 Å². The van der Waals surface area contributed by atoms with E-state index in [0.29, 0.717) is 11.3 Å². The lowest BCUT2D eigenvalue weighted by Crippen LogP contribution is -2.29. The molecular weight excluding hydrogens is 465 g/mol. The monoisotopic (exact) mass is 481 g/mol. The normalized spacial score (nSPS) is 18.5. The van der Waals surface area contributed by atoms with Gasteiger partial charge in [-0.2, -0.15) is 0 Å². The van der Waals surface area contributed by atoms with Crippen molar-refractivity contribution in [2.45, 2.75) is 6.04 Å². The molecule has 1 atom stereocenters. The Kier molecular flexibility index (Phi) is 5.00. The van der Waals surface area contributed by atoms with Gasteiger partial charge in [-0.25, -0.2) is 0 Å². The highest BCUT2D eigenvalue weighted by atomic mass is 127. The fourth-order valence-corrected chi connectivity index (χ4v) is 3.76. The molecule has 0 unspecified atom stereocenters. The summed E-state index contributed by atoms with van der Waals surface area (Å²) in [6.07, 6.45) is 0. The largest absolute Gasteiger partial charge is 0.507 e. The van der Waals surface area contributed by atoms with Gasteiger partial charge in [-0.15, -0.1) is 0 Å². The molecule has 3 aromatic rings. The fourth-order valence-electron chi connectivity index (χ4n) is 3.40. The first-order valence-electron chi connectivity index (χ1n) is 8.75. The Morgan fingerprint density at radius 2 is 1.39 bits per heavy atom. The first-order chi connectivity index (χ1) is 13.6. The van der Waals surface area contributed by atoms with Gasteiger partial charge in [0.1, 0.15) is 5.76 Å². The summed E-state index contributed by atoms with van der Waals surface area (Å²) in [6.45, 7) is 0. The number of aliphatic hydroxyl groups is 1. The van der Waals surface area contributed by atoms with E-state index >= 15 is 0 Å². The molecule has 0 radical (unpaired) electrons. The van der Waals surface area contributed by atoms with Crippen LogP contribution in [0.5, 0.6) is 0 Å². The van der Waals surface area contributed by atoms with Crippen molar-refractivity contribution < 1.29 is 14.7 Å². The molecule has 1 fully saturated rings. The third kappa shape index (κ3) is 3.22. The predicted octanol–water partition coefficient (Wildman–Crippen LogP) is 4.92. The van der Waals surface area contributed by atoms with Gasteiger partial charge in [-0.3, -0.25) is 14.5 Å². The first kappa shape index (κ1) is 18.4. The molecule has 1 aliphatic heterocycles. The number of nitrogens with zero attached hydrogens (tertiary/aromatic N) is 1. The number of benzene rings is 3. The summed E-state index contributed by atoms with van der Waals surface area (Å²) in [4.78, 5) is 27.4. The van der Waals surface area contributed by atoms with E-state index in [-0.39, 0.29) is 11.3 Å². The van der Waals surface area contributed by atoms with Crippen LogP contribution in [0.2, 0.25) is 0 Å². The average molecular weight is 481 g/mol. The Morgan fingerprint density at radius 1 is 0.821 bits per heavy atom. The lowest BCUT2D eigenvalue weighted by molar-refractivity contribution is -0.132. The third-order valence-corrected chi connectivity index (χ3v) is 5.43. The molecule has 0 aromatic heterocycles. The summed E-state index contributed by atoms with van der Waals surface area (Å²) in [5.41, 5.74) is 1.98. The van der Waals surface area contributed by atoms with Crippen molar-refractivity contribution in [3.05, 3.63) is 105 Å². The van der Waals surface area contributed by atoms with Crippen LogP contribution in [0, 0.1) is 3.57 Å². The van der Waals surface area contributed by atoms with Gasteiger partial charge in [0.15, 0.2) is 0 Å². The van der Waals surface area contributed by atoms with Crippen LogP contribution in [0.15, 0.2) is 90.5 Å². The maximum atomic E-state index is 12.9. The van der Waals surface area contributed by atoms with Crippen molar-refractivity contribution in [3.63, 3.8) is 0 Å². The molecule has 138 valence electrons. The first-order valence-corrected chi connectivity index (χ1v) is 9.83. The maximum Gasteiger partial charge on any atom is 0.300 e. The van der Waals surface area contributed by atoms with Gasteiger partial charge >= 0.3 is 0 Å². The van der Waals surface area contributed by atoms with E-state index < -0.39 is 17.7 Å². The summed E-state index contributed by atoms with van der Waals surface area (Å²) in [5.74, 6) is -1.50. The second-order valence-electron chi connectivity index (χ2n) is 6.42. The van der Waals surface area contributed by atoms with Crippen LogP contribution in [0.4, 0.5) is 5.69 Å². The summed E-state index contributed by atoms with van der Waals surface area (Å²) in [7, 11) is 0. The summed E-state index contributed by atoms with van der Waals surface area (Å²) < 4.78 is 1.03. The zero-order valence-electron chi connectivity index (χ0n) is 14.7. The van der Waals surface area contributed by atoms with Crippen molar-refractivity contribution in [1.29, 1.82) is 0 Å².